The molecule has 1 aromatic carbocycles. The summed E-state index contributed by atoms with van der Waals surface area (Å²) in [6.07, 6.45) is 0.667. The van der Waals surface area contributed by atoms with Gasteiger partial charge in [0.25, 0.3) is 5.91 Å². The number of furan rings is 1. The van der Waals surface area contributed by atoms with Crippen LogP contribution < -0.4 is 14.8 Å². The highest BCUT2D eigenvalue weighted by Crippen LogP contribution is 2.27. The van der Waals surface area contributed by atoms with Gasteiger partial charge >= 0.3 is 0 Å². The number of amides is 1. The van der Waals surface area contributed by atoms with Gasteiger partial charge in [0.2, 0.25) is 0 Å². The largest absolute Gasteiger partial charge is 0.493 e. The second kappa shape index (κ2) is 7.77. The number of nitrogens with one attached hydrogen (secondary N) is 2. The van der Waals surface area contributed by atoms with Crippen LogP contribution in [0, 0.1) is 6.92 Å². The first-order valence-corrected chi connectivity index (χ1v) is 8.22. The molecule has 7 heteroatoms. The summed E-state index contributed by atoms with van der Waals surface area (Å²) < 4.78 is 16.0. The molecule has 0 saturated carbocycles. The number of hydrogen-bond donors (Lipinski definition) is 2. The lowest BCUT2D eigenvalue weighted by atomic mass is 10.1. The van der Waals surface area contributed by atoms with Gasteiger partial charge in [0.05, 0.1) is 14.2 Å². The van der Waals surface area contributed by atoms with Crippen molar-refractivity contribution in [1.82, 2.24) is 15.5 Å². The molecule has 3 aromatic rings. The van der Waals surface area contributed by atoms with Crippen LogP contribution in [0.25, 0.3) is 11.5 Å². The van der Waals surface area contributed by atoms with Gasteiger partial charge in [-0.15, -0.1) is 0 Å². The third-order valence-corrected chi connectivity index (χ3v) is 3.96. The maximum Gasteiger partial charge on any atom is 0.271 e. The molecule has 0 saturated heterocycles. The zero-order chi connectivity index (χ0) is 18.5. The van der Waals surface area contributed by atoms with E-state index >= 15 is 0 Å². The highest BCUT2D eigenvalue weighted by atomic mass is 16.5. The zero-order valence-electron chi connectivity index (χ0n) is 15.0. The van der Waals surface area contributed by atoms with Crippen LogP contribution in [0.4, 0.5) is 0 Å². The summed E-state index contributed by atoms with van der Waals surface area (Å²) in [5.41, 5.74) is 2.03. The molecule has 0 unspecified atom stereocenters. The first kappa shape index (κ1) is 17.6. The van der Waals surface area contributed by atoms with E-state index in [0.717, 1.165) is 11.3 Å². The molecule has 0 aliphatic heterocycles. The van der Waals surface area contributed by atoms with Crippen molar-refractivity contribution >= 4 is 5.91 Å². The smallest absolute Gasteiger partial charge is 0.271 e. The Bertz CT molecular complexity index is 898. The van der Waals surface area contributed by atoms with E-state index in [4.69, 9.17) is 13.9 Å². The maximum atomic E-state index is 12.2. The maximum absolute atomic E-state index is 12.2. The molecular weight excluding hydrogens is 334 g/mol. The number of carbonyl (C=O) groups excluding carboxylic acids is 1. The molecule has 0 atom stereocenters. The molecule has 0 bridgehead atoms. The van der Waals surface area contributed by atoms with Crippen molar-refractivity contribution in [2.45, 2.75) is 13.3 Å². The van der Waals surface area contributed by atoms with E-state index in [0.29, 0.717) is 41.6 Å². The highest BCUT2D eigenvalue weighted by Gasteiger charge is 2.13. The second-order valence-corrected chi connectivity index (χ2v) is 5.77. The summed E-state index contributed by atoms with van der Waals surface area (Å²) in [5, 5.41) is 9.72. The van der Waals surface area contributed by atoms with Gasteiger partial charge in [-0.05, 0) is 43.2 Å². The minimum Gasteiger partial charge on any atom is -0.493 e. The fraction of sp³-hybridized carbons (Fsp3) is 0.263. The lowest BCUT2D eigenvalue weighted by molar-refractivity contribution is 0.0949. The predicted molar refractivity (Wildman–Crippen MR) is 96.6 cm³/mol. The number of ether oxygens (including phenoxy) is 2. The van der Waals surface area contributed by atoms with Crippen LogP contribution in [0.5, 0.6) is 11.5 Å². The Hall–Kier alpha value is -3.22. The average Bonchev–Trinajstić information content (AvgIpc) is 3.30. The molecule has 2 N–H and O–H groups in total. The summed E-state index contributed by atoms with van der Waals surface area (Å²) in [7, 11) is 3.19. The van der Waals surface area contributed by atoms with Crippen LogP contribution in [-0.2, 0) is 6.42 Å². The van der Waals surface area contributed by atoms with Crippen molar-refractivity contribution in [2.75, 3.05) is 20.8 Å². The minimum absolute atomic E-state index is 0.240. The van der Waals surface area contributed by atoms with E-state index in [1.165, 1.54) is 0 Å². The zero-order valence-corrected chi connectivity index (χ0v) is 15.0. The first-order valence-electron chi connectivity index (χ1n) is 8.22. The number of aromatic amines is 1. The Balaban J connectivity index is 1.57. The van der Waals surface area contributed by atoms with Gasteiger partial charge in [-0.2, -0.15) is 5.10 Å². The average molecular weight is 355 g/mol. The molecule has 0 aliphatic rings. The minimum atomic E-state index is -0.240. The summed E-state index contributed by atoms with van der Waals surface area (Å²) in [5.74, 6) is 2.56. The van der Waals surface area contributed by atoms with Crippen LogP contribution in [0.15, 0.2) is 40.8 Å². The number of hydrogen-bond acceptors (Lipinski definition) is 5. The molecule has 0 radical (unpaired) electrons. The van der Waals surface area contributed by atoms with Crippen LogP contribution in [0.1, 0.15) is 21.8 Å². The number of aryl methyl sites for hydroxylation is 1. The third-order valence-electron chi connectivity index (χ3n) is 3.96. The number of methoxy groups -OCH3 is 2. The molecule has 7 nitrogen and oxygen atoms in total. The second-order valence-electron chi connectivity index (χ2n) is 5.77. The number of aromatic nitrogens is 2. The van der Waals surface area contributed by atoms with Gasteiger partial charge in [-0.1, -0.05) is 6.07 Å². The number of nitrogens with zero attached hydrogens (tertiary/aromatic N) is 1. The third kappa shape index (κ3) is 3.88. The normalized spacial score (nSPS) is 10.6. The van der Waals surface area contributed by atoms with Gasteiger partial charge in [0.1, 0.15) is 11.5 Å². The van der Waals surface area contributed by atoms with Crippen molar-refractivity contribution in [3.8, 4) is 23.0 Å². The van der Waals surface area contributed by atoms with Crippen LogP contribution in [-0.4, -0.2) is 36.9 Å². The molecule has 2 heterocycles. The Morgan fingerprint density at radius 3 is 2.65 bits per heavy atom. The quantitative estimate of drug-likeness (QED) is 0.680. The van der Waals surface area contributed by atoms with E-state index < -0.39 is 0 Å². The molecule has 0 fully saturated rings. The van der Waals surface area contributed by atoms with E-state index in [2.05, 4.69) is 15.5 Å². The van der Waals surface area contributed by atoms with Crippen LogP contribution in [0.3, 0.4) is 0 Å². The fourth-order valence-corrected chi connectivity index (χ4v) is 2.59. The molecule has 136 valence electrons. The molecule has 0 spiro atoms. The standard InChI is InChI=1S/C19H21N3O4/c1-12-4-6-16(26-12)14-11-15(22-21-14)19(23)20-9-8-13-5-7-17(24-2)18(10-13)25-3/h4-7,10-11H,8-9H2,1-3H3,(H,20,23)(H,21,22). The highest BCUT2D eigenvalue weighted by molar-refractivity contribution is 5.93. The van der Waals surface area contributed by atoms with Crippen LogP contribution in [0.2, 0.25) is 0 Å². The molecule has 2 aromatic heterocycles. The van der Waals surface area contributed by atoms with E-state index in [1.54, 1.807) is 20.3 Å². The Morgan fingerprint density at radius 1 is 1.15 bits per heavy atom. The molecule has 0 aliphatic carbocycles. The van der Waals surface area contributed by atoms with Gasteiger partial charge in [0.15, 0.2) is 23.0 Å². The summed E-state index contributed by atoms with van der Waals surface area (Å²) >= 11 is 0. The molecular formula is C19H21N3O4. The first-order chi connectivity index (χ1) is 12.6. The Morgan fingerprint density at radius 2 is 1.96 bits per heavy atom. The van der Waals surface area contributed by atoms with Gasteiger partial charge in [-0.25, -0.2) is 0 Å². The topological polar surface area (TPSA) is 89.4 Å². The van der Waals surface area contributed by atoms with Crippen molar-refractivity contribution < 1.29 is 18.7 Å². The van der Waals surface area contributed by atoms with E-state index in [9.17, 15) is 4.79 Å². The number of rotatable bonds is 7. The van der Waals surface area contributed by atoms with Crippen molar-refractivity contribution in [3.05, 3.63) is 53.4 Å². The lowest BCUT2D eigenvalue weighted by Crippen LogP contribution is -2.26. The Labute approximate surface area is 151 Å². The van der Waals surface area contributed by atoms with Crippen molar-refractivity contribution in [2.24, 2.45) is 0 Å². The number of carbonyl (C=O) groups is 1. The van der Waals surface area contributed by atoms with E-state index in [1.807, 2.05) is 37.3 Å². The predicted octanol–water partition coefficient (Wildman–Crippen LogP) is 2.97. The number of benzene rings is 1. The SMILES string of the molecule is COc1ccc(CCNC(=O)c2cc(-c3ccc(C)o3)[nH]n2)cc1OC. The van der Waals surface area contributed by atoms with Crippen LogP contribution >= 0.6 is 0 Å². The Kier molecular flexibility index (Phi) is 5.26. The molecule has 3 rings (SSSR count). The summed E-state index contributed by atoms with van der Waals surface area (Å²) in [6, 6.07) is 11.1. The van der Waals surface area contributed by atoms with Gasteiger partial charge in [-0.3, -0.25) is 9.89 Å². The number of H-pyrrole nitrogens is 1. The lowest BCUT2D eigenvalue weighted by Gasteiger charge is -2.09. The fourth-order valence-electron chi connectivity index (χ4n) is 2.59. The molecule has 1 amide bonds. The summed E-state index contributed by atoms with van der Waals surface area (Å²) in [6.45, 7) is 2.35. The monoisotopic (exact) mass is 355 g/mol. The summed E-state index contributed by atoms with van der Waals surface area (Å²) in [4.78, 5) is 12.2. The van der Waals surface area contributed by atoms with Crippen molar-refractivity contribution in [3.63, 3.8) is 0 Å². The van der Waals surface area contributed by atoms with E-state index in [-0.39, 0.29) is 5.91 Å². The van der Waals surface area contributed by atoms with Crippen molar-refractivity contribution in [1.29, 1.82) is 0 Å². The van der Waals surface area contributed by atoms with Gasteiger partial charge < -0.3 is 19.2 Å². The molecule has 26 heavy (non-hydrogen) atoms. The van der Waals surface area contributed by atoms with Gasteiger partial charge in [0, 0.05) is 12.6 Å².